The molecule has 0 N–H and O–H groups in total. The van der Waals surface area contributed by atoms with Crippen LogP contribution in [-0.4, -0.2) is 19.4 Å². The molecule has 126 valence electrons. The highest BCUT2D eigenvalue weighted by Crippen LogP contribution is 2.37. The fourth-order valence-corrected chi connectivity index (χ4v) is 1.66. The van der Waals surface area contributed by atoms with E-state index in [1.807, 2.05) is 0 Å². The van der Waals surface area contributed by atoms with Gasteiger partial charge in [0.2, 0.25) is 0 Å². The molecule has 1 rings (SSSR count). The summed E-state index contributed by atoms with van der Waals surface area (Å²) in [5, 5.41) is 0. The summed E-state index contributed by atoms with van der Waals surface area (Å²) in [6.07, 6.45) is -10.0. The number of rotatable bonds is 2. The van der Waals surface area contributed by atoms with Gasteiger partial charge in [0.1, 0.15) is 5.60 Å². The van der Waals surface area contributed by atoms with Crippen LogP contribution in [0, 0.1) is 0 Å². The summed E-state index contributed by atoms with van der Waals surface area (Å²) in [4.78, 5) is 11.8. The molecule has 0 saturated carbocycles. The van der Waals surface area contributed by atoms with Crippen LogP contribution >= 0.6 is 0 Å². The van der Waals surface area contributed by atoms with Crippen LogP contribution in [-0.2, 0) is 21.9 Å². The number of hydrogen-bond acceptors (Lipinski definition) is 2. The van der Waals surface area contributed by atoms with E-state index < -0.39 is 46.4 Å². The lowest BCUT2D eigenvalue weighted by atomic mass is 9.79. The molecule has 0 bridgehead atoms. The molecule has 0 aliphatic heterocycles. The van der Waals surface area contributed by atoms with Gasteiger partial charge in [0.25, 0.3) is 0 Å². The summed E-state index contributed by atoms with van der Waals surface area (Å²) in [5.74, 6) is -2.89. The van der Waals surface area contributed by atoms with Crippen LogP contribution in [0.2, 0.25) is 0 Å². The lowest BCUT2D eigenvalue weighted by Crippen LogP contribution is -2.28. The molecular formula is C14H13BF6O2. The minimum Gasteiger partial charge on any atom is -0.460 e. The van der Waals surface area contributed by atoms with Crippen LogP contribution in [0.5, 0.6) is 0 Å². The molecule has 0 heterocycles. The van der Waals surface area contributed by atoms with Gasteiger partial charge in [-0.2, -0.15) is 26.3 Å². The third-order valence-electron chi connectivity index (χ3n) is 2.63. The first-order valence-electron chi connectivity index (χ1n) is 6.39. The van der Waals surface area contributed by atoms with Gasteiger partial charge in [-0.25, -0.2) is 0 Å². The lowest BCUT2D eigenvalue weighted by molar-refractivity contribution is -0.155. The van der Waals surface area contributed by atoms with Crippen molar-refractivity contribution in [1.29, 1.82) is 0 Å². The molecule has 0 fully saturated rings. The monoisotopic (exact) mass is 338 g/mol. The predicted molar refractivity (Wildman–Crippen MR) is 70.8 cm³/mol. The van der Waals surface area contributed by atoms with Gasteiger partial charge in [-0.15, -0.1) is 0 Å². The maximum Gasteiger partial charge on any atom is 0.416 e. The molecule has 0 spiro atoms. The van der Waals surface area contributed by atoms with Crippen molar-refractivity contribution in [2.24, 2.45) is 0 Å². The summed E-state index contributed by atoms with van der Waals surface area (Å²) in [6, 6.07) is 0.777. The molecule has 2 nitrogen and oxygen atoms in total. The highest BCUT2D eigenvalue weighted by Gasteiger charge is 2.38. The van der Waals surface area contributed by atoms with Crippen molar-refractivity contribution < 1.29 is 35.9 Å². The van der Waals surface area contributed by atoms with E-state index in [1.165, 1.54) is 20.8 Å². The van der Waals surface area contributed by atoms with Gasteiger partial charge in [0.15, 0.2) is 0 Å². The fraction of sp³-hybridized carbons (Fsp3) is 0.500. The van der Waals surface area contributed by atoms with E-state index in [1.54, 1.807) is 0 Å². The van der Waals surface area contributed by atoms with Crippen LogP contribution in [0.25, 0.3) is 0 Å². The Balaban J connectivity index is 3.32. The molecule has 0 aliphatic rings. The predicted octanol–water partition coefficient (Wildman–Crippen LogP) is 4.28. The number of carbonyl (C=O) groups is 1. The lowest BCUT2D eigenvalue weighted by Gasteiger charge is -2.23. The second-order valence-electron chi connectivity index (χ2n) is 5.85. The van der Waals surface area contributed by atoms with E-state index in [0.29, 0.717) is 12.1 Å². The number of carbonyl (C=O) groups excluding carboxylic acids is 1. The Morgan fingerprint density at radius 3 is 1.65 bits per heavy atom. The highest BCUT2D eigenvalue weighted by molar-refractivity contribution is 6.23. The quantitative estimate of drug-likeness (QED) is 0.457. The Morgan fingerprint density at radius 1 is 0.957 bits per heavy atom. The summed E-state index contributed by atoms with van der Waals surface area (Å²) >= 11 is 0. The zero-order valence-corrected chi connectivity index (χ0v) is 12.5. The van der Waals surface area contributed by atoms with E-state index in [9.17, 15) is 31.1 Å². The minimum absolute atomic E-state index is 0.0364. The highest BCUT2D eigenvalue weighted by atomic mass is 19.4. The van der Waals surface area contributed by atoms with Crippen LogP contribution in [0.4, 0.5) is 26.3 Å². The van der Waals surface area contributed by atoms with E-state index in [4.69, 9.17) is 12.6 Å². The smallest absolute Gasteiger partial charge is 0.416 e. The average molecular weight is 338 g/mol. The first-order chi connectivity index (χ1) is 10.1. The van der Waals surface area contributed by atoms with Crippen molar-refractivity contribution in [2.75, 3.05) is 0 Å². The van der Waals surface area contributed by atoms with E-state index in [-0.39, 0.29) is 6.07 Å². The third-order valence-corrected chi connectivity index (χ3v) is 2.63. The van der Waals surface area contributed by atoms with E-state index in [2.05, 4.69) is 0 Å². The SMILES string of the molecule is [B][C@@H](C(=O)OC(C)(C)C)c1cc(C(F)(F)F)cc(C(F)(F)F)c1. The standard InChI is InChI=1S/C14H13BF6O2/c1-12(2,3)23-11(22)10(15)7-4-8(13(16,17)18)6-9(5-7)14(19,20)21/h4-6,10H,1-3H3/t10-/m1/s1. The van der Waals surface area contributed by atoms with Crippen molar-refractivity contribution in [3.05, 3.63) is 34.9 Å². The van der Waals surface area contributed by atoms with Crippen molar-refractivity contribution in [3.8, 4) is 0 Å². The number of alkyl halides is 6. The molecule has 0 aliphatic carbocycles. The first kappa shape index (κ1) is 19.4. The van der Waals surface area contributed by atoms with Gasteiger partial charge in [0, 0.05) is 5.82 Å². The maximum atomic E-state index is 12.7. The molecule has 0 saturated heterocycles. The molecule has 0 amide bonds. The first-order valence-corrected chi connectivity index (χ1v) is 6.39. The number of ether oxygens (including phenoxy) is 1. The van der Waals surface area contributed by atoms with Crippen LogP contribution in [0.15, 0.2) is 18.2 Å². The van der Waals surface area contributed by atoms with E-state index >= 15 is 0 Å². The van der Waals surface area contributed by atoms with Gasteiger partial charge in [-0.3, -0.25) is 4.79 Å². The van der Waals surface area contributed by atoms with Gasteiger partial charge >= 0.3 is 18.3 Å². The second-order valence-corrected chi connectivity index (χ2v) is 5.85. The normalized spacial score (nSPS) is 14.5. The van der Waals surface area contributed by atoms with Crippen molar-refractivity contribution in [3.63, 3.8) is 0 Å². The Morgan fingerprint density at radius 2 is 1.35 bits per heavy atom. The molecule has 9 heteroatoms. The molecule has 1 atom stereocenters. The summed E-state index contributed by atoms with van der Waals surface area (Å²) in [6.45, 7) is 4.47. The summed E-state index contributed by atoms with van der Waals surface area (Å²) in [5.41, 5.74) is -4.69. The molecule has 23 heavy (non-hydrogen) atoms. The van der Waals surface area contributed by atoms with Crippen molar-refractivity contribution >= 4 is 13.8 Å². The maximum absolute atomic E-state index is 12.7. The molecular weight excluding hydrogens is 325 g/mol. The minimum atomic E-state index is -5.01. The topological polar surface area (TPSA) is 26.3 Å². The van der Waals surface area contributed by atoms with Gasteiger partial charge in [0.05, 0.1) is 19.0 Å². The van der Waals surface area contributed by atoms with Gasteiger partial charge < -0.3 is 4.74 Å². The van der Waals surface area contributed by atoms with Gasteiger partial charge in [-0.1, -0.05) is 0 Å². The van der Waals surface area contributed by atoms with E-state index in [0.717, 1.165) is 0 Å². The Bertz CT molecular complexity index is 554. The Hall–Kier alpha value is -1.67. The van der Waals surface area contributed by atoms with Crippen LogP contribution in [0.3, 0.4) is 0 Å². The Kier molecular flexibility index (Phi) is 5.13. The molecule has 0 unspecified atom stereocenters. The number of halogens is 6. The molecule has 1 aromatic rings. The number of hydrogen-bond donors (Lipinski definition) is 0. The molecule has 0 aromatic heterocycles. The molecule has 2 radical (unpaired) electrons. The number of esters is 1. The van der Waals surface area contributed by atoms with Crippen molar-refractivity contribution in [2.45, 2.75) is 44.5 Å². The van der Waals surface area contributed by atoms with Crippen molar-refractivity contribution in [1.82, 2.24) is 0 Å². The second kappa shape index (κ2) is 6.09. The zero-order valence-electron chi connectivity index (χ0n) is 12.5. The summed E-state index contributed by atoms with van der Waals surface area (Å²) < 4.78 is 81.4. The van der Waals surface area contributed by atoms with Crippen LogP contribution < -0.4 is 0 Å². The average Bonchev–Trinajstić information content (AvgIpc) is 2.33. The zero-order chi connectivity index (χ0) is 18.2. The van der Waals surface area contributed by atoms with Gasteiger partial charge in [-0.05, 0) is 44.5 Å². The fourth-order valence-electron chi connectivity index (χ4n) is 1.66. The largest absolute Gasteiger partial charge is 0.460 e. The third kappa shape index (κ3) is 5.48. The number of benzene rings is 1. The molecule has 1 aromatic carbocycles. The summed E-state index contributed by atoms with van der Waals surface area (Å²) in [7, 11) is 5.46. The van der Waals surface area contributed by atoms with Crippen LogP contribution in [0.1, 0.15) is 43.3 Å². The Labute approximate surface area is 130 Å².